The van der Waals surface area contributed by atoms with E-state index in [1.54, 1.807) is 23.5 Å². The largest absolute Gasteiger partial charge is 0.395 e. The van der Waals surface area contributed by atoms with E-state index < -0.39 is 5.91 Å². The minimum Gasteiger partial charge on any atom is -0.395 e. The standard InChI is InChI=1S/C15H19N3O2S/c1-2-18(7-8-19)9-13-10-21-15(17-13)12-5-3-11(4-6-12)14(16)20/h3-6,10,19H,2,7-9H2,1H3,(H2,16,20). The third-order valence-corrected chi connectivity index (χ3v) is 4.16. The van der Waals surface area contributed by atoms with Crippen LogP contribution in [-0.2, 0) is 6.54 Å². The van der Waals surface area contributed by atoms with E-state index in [1.807, 2.05) is 17.5 Å². The Morgan fingerprint density at radius 3 is 2.67 bits per heavy atom. The normalized spacial score (nSPS) is 11.0. The fourth-order valence-corrected chi connectivity index (χ4v) is 2.83. The maximum atomic E-state index is 11.1. The summed E-state index contributed by atoms with van der Waals surface area (Å²) in [5.74, 6) is -0.427. The van der Waals surface area contributed by atoms with Crippen LogP contribution in [0.5, 0.6) is 0 Å². The molecule has 0 aliphatic heterocycles. The third-order valence-electron chi connectivity index (χ3n) is 3.22. The highest BCUT2D eigenvalue weighted by atomic mass is 32.1. The van der Waals surface area contributed by atoms with Gasteiger partial charge in [0, 0.05) is 29.6 Å². The molecule has 2 rings (SSSR count). The molecule has 0 spiro atoms. The smallest absolute Gasteiger partial charge is 0.248 e. The quantitative estimate of drug-likeness (QED) is 0.816. The highest BCUT2D eigenvalue weighted by Gasteiger charge is 2.09. The lowest BCUT2D eigenvalue weighted by atomic mass is 10.1. The molecule has 112 valence electrons. The molecule has 1 aromatic heterocycles. The summed E-state index contributed by atoms with van der Waals surface area (Å²) in [7, 11) is 0. The second kappa shape index (κ2) is 7.31. The lowest BCUT2D eigenvalue weighted by molar-refractivity contribution is 0.100. The Bertz CT molecular complexity index is 595. The maximum Gasteiger partial charge on any atom is 0.248 e. The highest BCUT2D eigenvalue weighted by molar-refractivity contribution is 7.13. The molecule has 0 aliphatic rings. The van der Waals surface area contributed by atoms with Crippen molar-refractivity contribution in [3.05, 3.63) is 40.9 Å². The van der Waals surface area contributed by atoms with Crippen molar-refractivity contribution in [1.82, 2.24) is 9.88 Å². The Balaban J connectivity index is 2.10. The van der Waals surface area contributed by atoms with E-state index in [9.17, 15) is 4.79 Å². The number of hydrogen-bond acceptors (Lipinski definition) is 5. The summed E-state index contributed by atoms with van der Waals surface area (Å²) in [4.78, 5) is 17.8. The Morgan fingerprint density at radius 2 is 2.10 bits per heavy atom. The summed E-state index contributed by atoms with van der Waals surface area (Å²) in [6.07, 6.45) is 0. The number of carbonyl (C=O) groups is 1. The first-order valence-electron chi connectivity index (χ1n) is 6.82. The van der Waals surface area contributed by atoms with Gasteiger partial charge in [0.25, 0.3) is 0 Å². The molecule has 3 N–H and O–H groups in total. The zero-order valence-corrected chi connectivity index (χ0v) is 12.8. The highest BCUT2D eigenvalue weighted by Crippen LogP contribution is 2.24. The van der Waals surface area contributed by atoms with Crippen LogP contribution in [-0.4, -0.2) is 40.6 Å². The predicted molar refractivity (Wildman–Crippen MR) is 84.1 cm³/mol. The van der Waals surface area contributed by atoms with Crippen LogP contribution in [0.1, 0.15) is 23.0 Å². The molecule has 6 heteroatoms. The van der Waals surface area contributed by atoms with E-state index in [0.29, 0.717) is 12.1 Å². The summed E-state index contributed by atoms with van der Waals surface area (Å²) < 4.78 is 0. The number of carbonyl (C=O) groups excluding carboxylic acids is 1. The minimum absolute atomic E-state index is 0.152. The van der Waals surface area contributed by atoms with Crippen molar-refractivity contribution in [2.75, 3.05) is 19.7 Å². The molecule has 0 saturated carbocycles. The van der Waals surface area contributed by atoms with Crippen LogP contribution in [0.4, 0.5) is 0 Å². The molecule has 0 saturated heterocycles. The summed E-state index contributed by atoms with van der Waals surface area (Å²) in [6, 6.07) is 7.13. The maximum absolute atomic E-state index is 11.1. The Morgan fingerprint density at radius 1 is 1.38 bits per heavy atom. The molecule has 2 aromatic rings. The number of aliphatic hydroxyl groups is 1. The predicted octanol–water partition coefficient (Wildman–Crippen LogP) is 1.72. The van der Waals surface area contributed by atoms with Crippen LogP contribution in [0.25, 0.3) is 10.6 Å². The van der Waals surface area contributed by atoms with Crippen molar-refractivity contribution in [3.63, 3.8) is 0 Å². The van der Waals surface area contributed by atoms with Crippen molar-refractivity contribution in [2.45, 2.75) is 13.5 Å². The van der Waals surface area contributed by atoms with Crippen molar-refractivity contribution in [3.8, 4) is 10.6 Å². The number of likely N-dealkylation sites (N-methyl/N-ethyl adjacent to an activating group) is 1. The van der Waals surface area contributed by atoms with Crippen molar-refractivity contribution < 1.29 is 9.90 Å². The van der Waals surface area contributed by atoms with E-state index in [1.165, 1.54) is 0 Å². The van der Waals surface area contributed by atoms with Gasteiger partial charge in [0.2, 0.25) is 5.91 Å². The molecular weight excluding hydrogens is 286 g/mol. The fraction of sp³-hybridized carbons (Fsp3) is 0.333. The number of aromatic nitrogens is 1. The first-order chi connectivity index (χ1) is 10.1. The first kappa shape index (κ1) is 15.6. The second-order valence-corrected chi connectivity index (χ2v) is 5.54. The van der Waals surface area contributed by atoms with E-state index in [4.69, 9.17) is 10.8 Å². The molecule has 0 bridgehead atoms. The summed E-state index contributed by atoms with van der Waals surface area (Å²) in [5.41, 5.74) is 7.69. The van der Waals surface area contributed by atoms with Crippen molar-refractivity contribution >= 4 is 17.2 Å². The van der Waals surface area contributed by atoms with Crippen molar-refractivity contribution in [2.24, 2.45) is 5.73 Å². The van der Waals surface area contributed by atoms with E-state index in [2.05, 4.69) is 16.8 Å². The van der Waals surface area contributed by atoms with Gasteiger partial charge in [-0.3, -0.25) is 9.69 Å². The topological polar surface area (TPSA) is 79.5 Å². The summed E-state index contributed by atoms with van der Waals surface area (Å²) in [5, 5.41) is 11.9. The summed E-state index contributed by atoms with van der Waals surface area (Å²) >= 11 is 1.57. The van der Waals surface area contributed by atoms with E-state index >= 15 is 0 Å². The average molecular weight is 305 g/mol. The molecule has 1 amide bonds. The molecule has 0 aliphatic carbocycles. The number of thiazole rings is 1. The SMILES string of the molecule is CCN(CCO)Cc1csc(-c2ccc(C(N)=O)cc2)n1. The number of benzene rings is 1. The number of primary amides is 1. The summed E-state index contributed by atoms with van der Waals surface area (Å²) in [6.45, 7) is 4.47. The molecule has 0 atom stereocenters. The van der Waals surface area contributed by atoms with Crippen molar-refractivity contribution in [1.29, 1.82) is 0 Å². The number of nitrogens with two attached hydrogens (primary N) is 1. The zero-order chi connectivity index (χ0) is 15.2. The van der Waals surface area contributed by atoms with Gasteiger partial charge in [-0.2, -0.15) is 0 Å². The van der Waals surface area contributed by atoms with Gasteiger partial charge in [-0.15, -0.1) is 11.3 Å². The van der Waals surface area contributed by atoms with Crippen LogP contribution in [0, 0.1) is 0 Å². The van der Waals surface area contributed by atoms with Crippen LogP contribution >= 0.6 is 11.3 Å². The van der Waals surface area contributed by atoms with Gasteiger partial charge in [-0.25, -0.2) is 4.98 Å². The number of amides is 1. The number of nitrogens with zero attached hydrogens (tertiary/aromatic N) is 2. The van der Waals surface area contributed by atoms with Gasteiger partial charge < -0.3 is 10.8 Å². The van der Waals surface area contributed by atoms with Crippen LogP contribution < -0.4 is 5.73 Å². The van der Waals surface area contributed by atoms with Gasteiger partial charge in [-0.1, -0.05) is 19.1 Å². The van der Waals surface area contributed by atoms with Gasteiger partial charge >= 0.3 is 0 Å². The second-order valence-electron chi connectivity index (χ2n) is 4.68. The van der Waals surface area contributed by atoms with Crippen LogP contribution in [0.3, 0.4) is 0 Å². The fourth-order valence-electron chi connectivity index (χ4n) is 2.01. The Kier molecular flexibility index (Phi) is 5.44. The molecule has 0 radical (unpaired) electrons. The lowest BCUT2D eigenvalue weighted by Crippen LogP contribution is -2.26. The Hall–Kier alpha value is -1.76. The third kappa shape index (κ3) is 4.10. The number of hydrogen-bond donors (Lipinski definition) is 2. The molecule has 5 nitrogen and oxygen atoms in total. The van der Waals surface area contributed by atoms with Gasteiger partial charge in [0.15, 0.2) is 0 Å². The van der Waals surface area contributed by atoms with Crippen LogP contribution in [0.2, 0.25) is 0 Å². The molecule has 21 heavy (non-hydrogen) atoms. The monoisotopic (exact) mass is 305 g/mol. The number of aliphatic hydroxyl groups excluding tert-OH is 1. The number of rotatable bonds is 7. The van der Waals surface area contributed by atoms with Gasteiger partial charge in [0.1, 0.15) is 5.01 Å². The van der Waals surface area contributed by atoms with Crippen LogP contribution in [0.15, 0.2) is 29.6 Å². The molecule has 0 unspecified atom stereocenters. The van der Waals surface area contributed by atoms with Gasteiger partial charge in [-0.05, 0) is 18.7 Å². The van der Waals surface area contributed by atoms with E-state index in [0.717, 1.165) is 29.4 Å². The first-order valence-corrected chi connectivity index (χ1v) is 7.70. The van der Waals surface area contributed by atoms with E-state index in [-0.39, 0.29) is 6.61 Å². The minimum atomic E-state index is -0.427. The zero-order valence-electron chi connectivity index (χ0n) is 12.0. The lowest BCUT2D eigenvalue weighted by Gasteiger charge is -2.17. The molecule has 1 aromatic carbocycles. The molecule has 0 fully saturated rings. The molecular formula is C15H19N3O2S. The van der Waals surface area contributed by atoms with Gasteiger partial charge in [0.05, 0.1) is 12.3 Å². The molecule has 1 heterocycles. The average Bonchev–Trinajstić information content (AvgIpc) is 2.95. The Labute approximate surface area is 128 Å².